The minimum atomic E-state index is -6.03. The summed E-state index contributed by atoms with van der Waals surface area (Å²) >= 11 is 0. The van der Waals surface area contributed by atoms with Crippen LogP contribution in [0.2, 0.25) is 0 Å². The van der Waals surface area contributed by atoms with Gasteiger partial charge in [0.2, 0.25) is 0 Å². The number of halogens is 12. The largest absolute Gasteiger partial charge is 0.426 e. The minimum absolute atomic E-state index is 0.00465. The molecule has 0 saturated carbocycles. The number of aliphatic hydroxyl groups is 1. The van der Waals surface area contributed by atoms with Crippen LogP contribution in [0.15, 0.2) is 71.2 Å². The van der Waals surface area contributed by atoms with E-state index >= 15 is 0 Å². The van der Waals surface area contributed by atoms with Gasteiger partial charge in [-0.3, -0.25) is 9.98 Å². The maximum atomic E-state index is 13.5. The normalized spacial score (nSPS) is 14.7. The van der Waals surface area contributed by atoms with Crippen molar-refractivity contribution < 1.29 is 57.8 Å². The molecule has 15 heteroatoms. The summed E-state index contributed by atoms with van der Waals surface area (Å²) in [6.07, 6.45) is -27.0. The van der Waals surface area contributed by atoms with Crippen LogP contribution in [-0.4, -0.2) is 46.8 Å². The quantitative estimate of drug-likeness (QED) is 0.158. The Labute approximate surface area is 238 Å². The Bertz CT molecular complexity index is 1310. The van der Waals surface area contributed by atoms with Gasteiger partial charge in [-0.25, -0.2) is 0 Å². The van der Waals surface area contributed by atoms with Gasteiger partial charge in [-0.05, 0) is 49.9 Å². The SMILES string of the molecule is C=CC(CC(C)=Nc1ccccc1CCc1ccccc1N=C(C)CC(O)(C(F)(F)F)C(F)(F)F)(C(F)(F)F)C(F)(F)F. The first kappa shape index (κ1) is 35.8. The van der Waals surface area contributed by atoms with Crippen LogP contribution in [0.3, 0.4) is 0 Å². The first-order chi connectivity index (χ1) is 19.5. The third-order valence-corrected chi connectivity index (χ3v) is 6.61. The second-order valence-corrected chi connectivity index (χ2v) is 9.83. The van der Waals surface area contributed by atoms with E-state index in [0.29, 0.717) is 11.1 Å². The van der Waals surface area contributed by atoms with Gasteiger partial charge in [0.1, 0.15) is 0 Å². The van der Waals surface area contributed by atoms with Crippen LogP contribution in [0.5, 0.6) is 0 Å². The van der Waals surface area contributed by atoms with E-state index in [4.69, 9.17) is 0 Å². The molecule has 0 bridgehead atoms. The molecule has 0 aliphatic rings. The highest BCUT2D eigenvalue weighted by atomic mass is 19.4. The van der Waals surface area contributed by atoms with Crippen LogP contribution in [0.4, 0.5) is 64.1 Å². The summed E-state index contributed by atoms with van der Waals surface area (Å²) in [6, 6.07) is 11.6. The lowest BCUT2D eigenvalue weighted by Crippen LogP contribution is -2.57. The second kappa shape index (κ2) is 12.7. The van der Waals surface area contributed by atoms with E-state index in [1.807, 2.05) is 0 Å². The summed E-state index contributed by atoms with van der Waals surface area (Å²) in [7, 11) is 0. The van der Waals surface area contributed by atoms with Crippen LogP contribution in [0.25, 0.3) is 0 Å². The van der Waals surface area contributed by atoms with E-state index in [1.165, 1.54) is 48.5 Å². The molecule has 0 aromatic heterocycles. The molecule has 0 saturated heterocycles. The zero-order valence-corrected chi connectivity index (χ0v) is 22.6. The van der Waals surface area contributed by atoms with Crippen molar-refractivity contribution in [2.45, 2.75) is 69.8 Å². The van der Waals surface area contributed by atoms with Crippen LogP contribution in [-0.2, 0) is 12.8 Å². The number of rotatable bonds is 10. The summed E-state index contributed by atoms with van der Waals surface area (Å²) < 4.78 is 160. The predicted octanol–water partition coefficient (Wildman–Crippen LogP) is 9.59. The highest BCUT2D eigenvalue weighted by molar-refractivity contribution is 5.86. The van der Waals surface area contributed by atoms with Gasteiger partial charge in [0, 0.05) is 24.3 Å². The number of hydrogen-bond donors (Lipinski definition) is 1. The third kappa shape index (κ3) is 7.98. The van der Waals surface area contributed by atoms with Gasteiger partial charge in [-0.15, -0.1) is 6.58 Å². The summed E-state index contributed by atoms with van der Waals surface area (Å²) in [6.45, 7) is 4.64. The Morgan fingerprint density at radius 2 is 0.977 bits per heavy atom. The first-order valence-corrected chi connectivity index (χ1v) is 12.4. The molecule has 0 aliphatic carbocycles. The molecule has 0 atom stereocenters. The molecule has 2 aromatic rings. The Kier molecular flexibility index (Phi) is 10.6. The molecule has 0 radical (unpaired) electrons. The summed E-state index contributed by atoms with van der Waals surface area (Å²) in [4.78, 5) is 7.85. The molecule has 0 aliphatic heterocycles. The lowest BCUT2D eigenvalue weighted by Gasteiger charge is -2.34. The fourth-order valence-corrected chi connectivity index (χ4v) is 4.22. The molecule has 0 heterocycles. The Balaban J connectivity index is 2.37. The fourth-order valence-electron chi connectivity index (χ4n) is 4.22. The number of hydrogen-bond acceptors (Lipinski definition) is 3. The van der Waals surface area contributed by atoms with Crippen LogP contribution >= 0.6 is 0 Å². The molecule has 0 spiro atoms. The number of allylic oxidation sites excluding steroid dienone is 1. The Morgan fingerprint density at radius 1 is 0.628 bits per heavy atom. The monoisotopic (exact) mass is 634 g/mol. The molecule has 1 N–H and O–H groups in total. The van der Waals surface area contributed by atoms with E-state index in [9.17, 15) is 57.8 Å². The topological polar surface area (TPSA) is 45.0 Å². The summed E-state index contributed by atoms with van der Waals surface area (Å²) in [5.41, 5.74) is -9.66. The van der Waals surface area contributed by atoms with Gasteiger partial charge in [-0.1, -0.05) is 42.5 Å². The molecular weight excluding hydrogens is 608 g/mol. The van der Waals surface area contributed by atoms with Crippen molar-refractivity contribution in [3.05, 3.63) is 72.3 Å². The standard InChI is InChI=1S/C28H26F12N2O/c1-4-23(25(29,30)31,26(32,33)34)15-17(2)41-21-11-7-5-9-19(21)13-14-20-10-6-8-12-22(20)42-18(3)16-24(43,27(35,36)37)28(38,39)40/h4-12,43H,1,13-16H2,2-3H3. The van der Waals surface area contributed by atoms with Crippen LogP contribution < -0.4 is 0 Å². The maximum Gasteiger partial charge on any atom is 0.426 e. The molecule has 0 amide bonds. The van der Waals surface area contributed by atoms with Gasteiger partial charge in [-0.2, -0.15) is 52.7 Å². The predicted molar refractivity (Wildman–Crippen MR) is 137 cm³/mol. The van der Waals surface area contributed by atoms with E-state index in [0.717, 1.165) is 13.8 Å². The van der Waals surface area contributed by atoms with Gasteiger partial charge >= 0.3 is 24.7 Å². The van der Waals surface area contributed by atoms with Gasteiger partial charge in [0.25, 0.3) is 5.60 Å². The van der Waals surface area contributed by atoms with Crippen molar-refractivity contribution in [2.24, 2.45) is 15.4 Å². The van der Waals surface area contributed by atoms with Crippen LogP contribution in [0, 0.1) is 5.41 Å². The van der Waals surface area contributed by atoms with E-state index in [1.54, 1.807) is 0 Å². The first-order valence-electron chi connectivity index (χ1n) is 12.4. The van der Waals surface area contributed by atoms with Gasteiger partial charge in [0.15, 0.2) is 5.41 Å². The van der Waals surface area contributed by atoms with Crippen molar-refractivity contribution in [3.63, 3.8) is 0 Å². The van der Waals surface area contributed by atoms with Crippen molar-refractivity contribution in [1.82, 2.24) is 0 Å². The minimum Gasteiger partial charge on any atom is -0.373 e. The van der Waals surface area contributed by atoms with Crippen molar-refractivity contribution in [2.75, 3.05) is 0 Å². The molecule has 3 nitrogen and oxygen atoms in total. The highest BCUT2D eigenvalue weighted by Crippen LogP contribution is 2.54. The third-order valence-electron chi connectivity index (χ3n) is 6.61. The van der Waals surface area contributed by atoms with E-state index in [2.05, 4.69) is 16.6 Å². The number of alkyl halides is 12. The number of aliphatic imine (C=N–C) groups is 2. The molecule has 43 heavy (non-hydrogen) atoms. The Hall–Kier alpha value is -3.36. The van der Waals surface area contributed by atoms with Crippen molar-refractivity contribution >= 4 is 22.8 Å². The average molecular weight is 635 g/mol. The number of aryl methyl sites for hydroxylation is 2. The van der Waals surface area contributed by atoms with Gasteiger partial charge < -0.3 is 5.11 Å². The maximum absolute atomic E-state index is 13.5. The molecule has 2 aromatic carbocycles. The molecular formula is C28H26F12N2O. The molecule has 0 fully saturated rings. The highest BCUT2D eigenvalue weighted by Gasteiger charge is 2.70. The average Bonchev–Trinajstić information content (AvgIpc) is 2.84. The molecule has 238 valence electrons. The van der Waals surface area contributed by atoms with Crippen molar-refractivity contribution in [1.29, 1.82) is 0 Å². The lowest BCUT2D eigenvalue weighted by molar-refractivity contribution is -0.365. The summed E-state index contributed by atoms with van der Waals surface area (Å²) in [5.74, 6) is 0. The number of nitrogens with zero attached hydrogens (tertiary/aromatic N) is 2. The number of para-hydroxylation sites is 2. The second-order valence-electron chi connectivity index (χ2n) is 9.83. The molecule has 0 unspecified atom stereocenters. The lowest BCUT2D eigenvalue weighted by atomic mass is 9.81. The zero-order chi connectivity index (χ0) is 33.1. The Morgan fingerprint density at radius 3 is 1.30 bits per heavy atom. The number of benzene rings is 2. The van der Waals surface area contributed by atoms with Gasteiger partial charge in [0.05, 0.1) is 11.4 Å². The van der Waals surface area contributed by atoms with E-state index in [-0.39, 0.29) is 30.3 Å². The summed E-state index contributed by atoms with van der Waals surface area (Å²) in [5, 5.41) is 9.46. The fraction of sp³-hybridized carbons (Fsp3) is 0.429. The van der Waals surface area contributed by atoms with E-state index < -0.39 is 60.0 Å². The zero-order valence-electron chi connectivity index (χ0n) is 22.6. The van der Waals surface area contributed by atoms with Crippen LogP contribution in [0.1, 0.15) is 37.8 Å². The smallest absolute Gasteiger partial charge is 0.373 e. The van der Waals surface area contributed by atoms with Crippen molar-refractivity contribution in [3.8, 4) is 0 Å². The molecule has 2 rings (SSSR count).